The first-order valence-corrected chi connectivity index (χ1v) is 6.44. The van der Waals surface area contributed by atoms with E-state index >= 15 is 0 Å². The summed E-state index contributed by atoms with van der Waals surface area (Å²) in [5.41, 5.74) is 0.767. The first kappa shape index (κ1) is 11.1. The Balaban J connectivity index is 2.03. The molecule has 2 rings (SSSR count). The number of hydrogen-bond donors (Lipinski definition) is 0. The van der Waals surface area contributed by atoms with E-state index in [1.54, 1.807) is 7.11 Å². The fraction of sp³-hybridized carbons (Fsp3) is 0.500. The van der Waals surface area contributed by atoms with Gasteiger partial charge in [-0.25, -0.2) is 0 Å². The minimum Gasteiger partial charge on any atom is -0.380 e. The van der Waals surface area contributed by atoms with Crippen LogP contribution in [0.15, 0.2) is 15.2 Å². The van der Waals surface area contributed by atoms with Crippen LogP contribution in [-0.4, -0.2) is 37.1 Å². The van der Waals surface area contributed by atoms with E-state index in [9.17, 15) is 4.79 Å². The topological polar surface area (TPSA) is 29.5 Å². The van der Waals surface area contributed by atoms with Crippen molar-refractivity contribution in [3.63, 3.8) is 0 Å². The van der Waals surface area contributed by atoms with E-state index in [4.69, 9.17) is 4.74 Å². The number of halogens is 1. The zero-order chi connectivity index (χ0) is 10.8. The third-order valence-corrected chi connectivity index (χ3v) is 4.08. The largest absolute Gasteiger partial charge is 0.380 e. The molecule has 3 nitrogen and oxygen atoms in total. The molecular weight excluding hydrogens is 278 g/mol. The van der Waals surface area contributed by atoms with Crippen LogP contribution in [0.4, 0.5) is 0 Å². The summed E-state index contributed by atoms with van der Waals surface area (Å²) in [6.07, 6.45) is 1.14. The van der Waals surface area contributed by atoms with E-state index in [0.29, 0.717) is 6.54 Å². The summed E-state index contributed by atoms with van der Waals surface area (Å²) in [6, 6.07) is 1.87. The molecule has 0 radical (unpaired) electrons. The maximum Gasteiger partial charge on any atom is 0.254 e. The Morgan fingerprint density at radius 3 is 3.07 bits per heavy atom. The molecule has 0 spiro atoms. The van der Waals surface area contributed by atoms with Crippen LogP contribution in [0.2, 0.25) is 0 Å². The molecule has 1 atom stereocenters. The highest BCUT2D eigenvalue weighted by Crippen LogP contribution is 2.23. The first-order chi connectivity index (χ1) is 7.20. The normalized spacial score (nSPS) is 20.9. The summed E-state index contributed by atoms with van der Waals surface area (Å²) in [4.78, 5) is 13.8. The fourth-order valence-corrected chi connectivity index (χ4v) is 2.84. The molecule has 15 heavy (non-hydrogen) atoms. The van der Waals surface area contributed by atoms with Crippen molar-refractivity contribution >= 4 is 33.2 Å². The SMILES string of the molecule is COC1CCN(C(=O)c2csc(Br)c2)C1. The molecule has 0 N–H and O–H groups in total. The van der Waals surface area contributed by atoms with Crippen LogP contribution in [0.3, 0.4) is 0 Å². The summed E-state index contributed by atoms with van der Waals surface area (Å²) < 4.78 is 6.23. The molecule has 82 valence electrons. The van der Waals surface area contributed by atoms with E-state index in [0.717, 1.165) is 22.3 Å². The summed E-state index contributed by atoms with van der Waals surface area (Å²) in [6.45, 7) is 1.51. The number of nitrogens with zero attached hydrogens (tertiary/aromatic N) is 1. The molecule has 1 aliphatic rings. The first-order valence-electron chi connectivity index (χ1n) is 4.77. The van der Waals surface area contributed by atoms with E-state index in [1.165, 1.54) is 11.3 Å². The summed E-state index contributed by atoms with van der Waals surface area (Å²) >= 11 is 4.89. The van der Waals surface area contributed by atoms with Crippen LogP contribution >= 0.6 is 27.3 Å². The zero-order valence-electron chi connectivity index (χ0n) is 8.40. The maximum atomic E-state index is 12.0. The van der Waals surface area contributed by atoms with Crippen LogP contribution < -0.4 is 0 Å². The second-order valence-corrected chi connectivity index (χ2v) is 5.83. The van der Waals surface area contributed by atoms with E-state index < -0.39 is 0 Å². The van der Waals surface area contributed by atoms with Crippen LogP contribution in [0, 0.1) is 0 Å². The molecule has 0 saturated carbocycles. The van der Waals surface area contributed by atoms with Gasteiger partial charge in [0.2, 0.25) is 0 Å². The third kappa shape index (κ3) is 2.41. The minimum absolute atomic E-state index is 0.108. The zero-order valence-corrected chi connectivity index (χ0v) is 10.8. The van der Waals surface area contributed by atoms with Crippen molar-refractivity contribution in [3.8, 4) is 0 Å². The minimum atomic E-state index is 0.108. The van der Waals surface area contributed by atoms with Crippen LogP contribution in [0.25, 0.3) is 0 Å². The maximum absolute atomic E-state index is 12.0. The molecule has 0 aliphatic carbocycles. The smallest absolute Gasteiger partial charge is 0.254 e. The lowest BCUT2D eigenvalue weighted by Gasteiger charge is -2.14. The molecule has 1 aromatic rings. The van der Waals surface area contributed by atoms with Gasteiger partial charge in [-0.3, -0.25) is 4.79 Å². The number of carbonyl (C=O) groups excluding carboxylic acids is 1. The Morgan fingerprint density at radius 1 is 1.73 bits per heavy atom. The predicted molar refractivity (Wildman–Crippen MR) is 63.3 cm³/mol. The van der Waals surface area contributed by atoms with Gasteiger partial charge in [-0.2, -0.15) is 0 Å². The molecule has 1 aliphatic heterocycles. The second kappa shape index (κ2) is 4.63. The van der Waals surface area contributed by atoms with Gasteiger partial charge >= 0.3 is 0 Å². The molecule has 0 bridgehead atoms. The van der Waals surface area contributed by atoms with Crippen LogP contribution in [0.1, 0.15) is 16.8 Å². The van der Waals surface area contributed by atoms with Crippen LogP contribution in [0.5, 0.6) is 0 Å². The van der Waals surface area contributed by atoms with Gasteiger partial charge in [0.15, 0.2) is 0 Å². The summed E-state index contributed by atoms with van der Waals surface area (Å²) in [5.74, 6) is 0.108. The molecule has 1 saturated heterocycles. The quantitative estimate of drug-likeness (QED) is 0.837. The molecule has 1 unspecified atom stereocenters. The highest BCUT2D eigenvalue weighted by Gasteiger charge is 2.26. The Labute approximate surface area is 101 Å². The number of ether oxygens (including phenoxy) is 1. The average Bonchev–Trinajstić information content (AvgIpc) is 2.84. The number of amides is 1. The fourth-order valence-electron chi connectivity index (χ4n) is 1.71. The van der Waals surface area contributed by atoms with Crippen molar-refractivity contribution in [1.29, 1.82) is 0 Å². The number of hydrogen-bond acceptors (Lipinski definition) is 3. The van der Waals surface area contributed by atoms with Gasteiger partial charge in [-0.15, -0.1) is 11.3 Å². The second-order valence-electron chi connectivity index (χ2n) is 3.54. The van der Waals surface area contributed by atoms with Gasteiger partial charge in [0.1, 0.15) is 0 Å². The Hall–Kier alpha value is -0.390. The molecule has 0 aromatic carbocycles. The summed E-state index contributed by atoms with van der Waals surface area (Å²) in [7, 11) is 1.69. The molecule has 1 fully saturated rings. The summed E-state index contributed by atoms with van der Waals surface area (Å²) in [5, 5.41) is 1.88. The number of methoxy groups -OCH3 is 1. The third-order valence-electron chi connectivity index (χ3n) is 2.58. The molecule has 2 heterocycles. The Kier molecular flexibility index (Phi) is 3.43. The van der Waals surface area contributed by atoms with E-state index in [2.05, 4.69) is 15.9 Å². The number of thiophene rings is 1. The Morgan fingerprint density at radius 2 is 2.53 bits per heavy atom. The monoisotopic (exact) mass is 289 g/mol. The lowest BCUT2D eigenvalue weighted by Crippen LogP contribution is -2.29. The molecule has 1 amide bonds. The lowest BCUT2D eigenvalue weighted by molar-refractivity contribution is 0.0724. The van der Waals surface area contributed by atoms with Gasteiger partial charge < -0.3 is 9.64 Å². The van der Waals surface area contributed by atoms with E-state index in [-0.39, 0.29) is 12.0 Å². The average molecular weight is 290 g/mol. The van der Waals surface area contributed by atoms with Gasteiger partial charge in [0.25, 0.3) is 5.91 Å². The molecular formula is C10H12BrNO2S. The highest BCUT2D eigenvalue weighted by atomic mass is 79.9. The van der Waals surface area contributed by atoms with Gasteiger partial charge in [0, 0.05) is 25.6 Å². The highest BCUT2D eigenvalue weighted by molar-refractivity contribution is 9.11. The van der Waals surface area contributed by atoms with Crippen molar-refractivity contribution in [1.82, 2.24) is 4.90 Å². The van der Waals surface area contributed by atoms with Crippen molar-refractivity contribution in [2.45, 2.75) is 12.5 Å². The van der Waals surface area contributed by atoms with Crippen molar-refractivity contribution < 1.29 is 9.53 Å². The van der Waals surface area contributed by atoms with Gasteiger partial charge in [-0.05, 0) is 28.4 Å². The standard InChI is InChI=1S/C10H12BrNO2S/c1-14-8-2-3-12(5-8)10(13)7-4-9(11)15-6-7/h4,6,8H,2-3,5H2,1H3. The van der Waals surface area contributed by atoms with Crippen molar-refractivity contribution in [2.75, 3.05) is 20.2 Å². The number of rotatable bonds is 2. The van der Waals surface area contributed by atoms with E-state index in [1.807, 2.05) is 16.3 Å². The number of likely N-dealkylation sites (tertiary alicyclic amines) is 1. The van der Waals surface area contributed by atoms with Crippen LogP contribution in [-0.2, 0) is 4.74 Å². The Bertz CT molecular complexity index is 366. The number of carbonyl (C=O) groups is 1. The van der Waals surface area contributed by atoms with Crippen molar-refractivity contribution in [3.05, 3.63) is 20.8 Å². The van der Waals surface area contributed by atoms with Gasteiger partial charge in [0.05, 0.1) is 15.5 Å². The van der Waals surface area contributed by atoms with Crippen molar-refractivity contribution in [2.24, 2.45) is 0 Å². The molecule has 5 heteroatoms. The van der Waals surface area contributed by atoms with Gasteiger partial charge in [-0.1, -0.05) is 0 Å². The molecule has 1 aromatic heterocycles. The lowest BCUT2D eigenvalue weighted by atomic mass is 10.3. The predicted octanol–water partition coefficient (Wildman–Crippen LogP) is 2.37.